The lowest BCUT2D eigenvalue weighted by molar-refractivity contribution is -0.147. The third-order valence-corrected chi connectivity index (χ3v) is 5.09. The van der Waals surface area contributed by atoms with Gasteiger partial charge in [0.2, 0.25) is 0 Å². The summed E-state index contributed by atoms with van der Waals surface area (Å²) in [4.78, 5) is 12.8. The number of nitrogens with one attached hydrogen (secondary N) is 1. The predicted molar refractivity (Wildman–Crippen MR) is 99.1 cm³/mol. The van der Waals surface area contributed by atoms with Crippen molar-refractivity contribution in [3.63, 3.8) is 0 Å². The van der Waals surface area contributed by atoms with Gasteiger partial charge in [0, 0.05) is 12.6 Å². The Bertz CT molecular complexity index is 468. The van der Waals surface area contributed by atoms with Crippen LogP contribution in [0.5, 0.6) is 0 Å². The largest absolute Gasteiger partial charge is 0.464 e. The van der Waals surface area contributed by atoms with E-state index in [0.717, 1.165) is 31.4 Å². The summed E-state index contributed by atoms with van der Waals surface area (Å²) in [6, 6.07) is 10.7. The van der Waals surface area contributed by atoms with Crippen LogP contribution in [0.1, 0.15) is 70.3 Å². The molecule has 0 amide bonds. The zero-order valence-electron chi connectivity index (χ0n) is 15.3. The summed E-state index contributed by atoms with van der Waals surface area (Å²) in [5.74, 6) is 0.290. The van der Waals surface area contributed by atoms with E-state index in [1.807, 2.05) is 18.2 Å². The fourth-order valence-corrected chi connectivity index (χ4v) is 3.81. The molecule has 1 aromatic rings. The Kier molecular flexibility index (Phi) is 8.31. The van der Waals surface area contributed by atoms with Crippen molar-refractivity contribution in [3.8, 4) is 0 Å². The van der Waals surface area contributed by atoms with Gasteiger partial charge in [-0.05, 0) is 37.7 Å². The molecule has 0 spiro atoms. The molecule has 2 rings (SSSR count). The fraction of sp³-hybridized carbons (Fsp3) is 0.667. The molecule has 24 heavy (non-hydrogen) atoms. The first-order valence-electron chi connectivity index (χ1n) is 9.67. The molecule has 3 nitrogen and oxygen atoms in total. The average molecular weight is 332 g/mol. The maximum atomic E-state index is 12.8. The molecule has 1 aliphatic rings. The second-order valence-corrected chi connectivity index (χ2v) is 7.10. The molecule has 134 valence electrons. The molecule has 0 aromatic heterocycles. The van der Waals surface area contributed by atoms with Crippen molar-refractivity contribution in [2.24, 2.45) is 5.92 Å². The van der Waals surface area contributed by atoms with Crippen LogP contribution in [0.2, 0.25) is 0 Å². The van der Waals surface area contributed by atoms with Crippen molar-refractivity contribution in [2.45, 2.75) is 70.8 Å². The zero-order chi connectivity index (χ0) is 17.2. The maximum absolute atomic E-state index is 12.8. The van der Waals surface area contributed by atoms with Crippen molar-refractivity contribution in [3.05, 3.63) is 35.9 Å². The van der Waals surface area contributed by atoms with E-state index in [9.17, 15) is 4.79 Å². The molecule has 2 atom stereocenters. The van der Waals surface area contributed by atoms with Gasteiger partial charge in [-0.1, -0.05) is 62.9 Å². The highest BCUT2D eigenvalue weighted by atomic mass is 16.5. The van der Waals surface area contributed by atoms with Crippen LogP contribution in [0.4, 0.5) is 0 Å². The van der Waals surface area contributed by atoms with Gasteiger partial charge in [0.1, 0.15) is 6.61 Å². The van der Waals surface area contributed by atoms with Crippen LogP contribution in [0.15, 0.2) is 30.3 Å². The van der Waals surface area contributed by atoms with E-state index >= 15 is 0 Å². The van der Waals surface area contributed by atoms with Gasteiger partial charge in [-0.2, -0.15) is 0 Å². The second kappa shape index (κ2) is 10.5. The molecule has 1 aromatic carbocycles. The van der Waals surface area contributed by atoms with E-state index in [1.165, 1.54) is 25.7 Å². The Labute approximate surface area is 147 Å². The Balaban J connectivity index is 1.90. The highest BCUT2D eigenvalue weighted by Gasteiger charge is 2.32. The summed E-state index contributed by atoms with van der Waals surface area (Å²) in [6.07, 6.45) is 8.37. The van der Waals surface area contributed by atoms with Crippen molar-refractivity contribution in [1.82, 2.24) is 5.32 Å². The van der Waals surface area contributed by atoms with Crippen LogP contribution in [-0.2, 0) is 9.53 Å². The minimum absolute atomic E-state index is 0.0435. The quantitative estimate of drug-likeness (QED) is 0.528. The molecule has 0 bridgehead atoms. The first-order valence-corrected chi connectivity index (χ1v) is 9.67. The van der Waals surface area contributed by atoms with Crippen LogP contribution in [0.3, 0.4) is 0 Å². The summed E-state index contributed by atoms with van der Waals surface area (Å²) in [6.45, 7) is 5.56. The number of ether oxygens (including phenoxy) is 1. The standard InChI is InChI=1S/C21H33NO2/c1-3-10-17(2)22-15-16-24-21(23)20(18-11-6-4-7-12-18)19-13-8-5-9-14-19/h4,6-7,11-12,17,19-20,22H,3,5,8-10,13-16H2,1-2H3/t17-,20+/m1/s1. The van der Waals surface area contributed by atoms with E-state index in [0.29, 0.717) is 18.6 Å². The topological polar surface area (TPSA) is 38.3 Å². The predicted octanol–water partition coefficient (Wildman–Crippen LogP) is 4.67. The number of hydrogen-bond acceptors (Lipinski definition) is 3. The van der Waals surface area contributed by atoms with Crippen LogP contribution < -0.4 is 5.32 Å². The minimum atomic E-state index is -0.0976. The van der Waals surface area contributed by atoms with Crippen molar-refractivity contribution < 1.29 is 9.53 Å². The fourth-order valence-electron chi connectivity index (χ4n) is 3.81. The molecular weight excluding hydrogens is 298 g/mol. The molecule has 3 heteroatoms. The van der Waals surface area contributed by atoms with Crippen molar-refractivity contribution >= 4 is 5.97 Å². The summed E-state index contributed by atoms with van der Waals surface area (Å²) >= 11 is 0. The maximum Gasteiger partial charge on any atom is 0.313 e. The second-order valence-electron chi connectivity index (χ2n) is 7.10. The number of carbonyl (C=O) groups is 1. The summed E-state index contributed by atoms with van der Waals surface area (Å²) in [7, 11) is 0. The lowest BCUT2D eigenvalue weighted by Gasteiger charge is -2.29. The van der Waals surface area contributed by atoms with Gasteiger partial charge < -0.3 is 10.1 Å². The number of benzene rings is 1. The molecule has 0 unspecified atom stereocenters. The lowest BCUT2D eigenvalue weighted by atomic mass is 9.77. The van der Waals surface area contributed by atoms with Crippen LogP contribution in [-0.4, -0.2) is 25.2 Å². The Morgan fingerprint density at radius 1 is 1.21 bits per heavy atom. The SMILES string of the molecule is CCC[C@@H](C)NCCOC(=O)[C@@H](c1ccccc1)C1CCCCC1. The first-order chi connectivity index (χ1) is 11.7. The van der Waals surface area contributed by atoms with Gasteiger partial charge in [-0.3, -0.25) is 4.79 Å². The number of hydrogen-bond donors (Lipinski definition) is 1. The van der Waals surface area contributed by atoms with Gasteiger partial charge in [0.25, 0.3) is 0 Å². The van der Waals surface area contributed by atoms with Crippen molar-refractivity contribution in [2.75, 3.05) is 13.2 Å². The van der Waals surface area contributed by atoms with Gasteiger partial charge in [0.05, 0.1) is 5.92 Å². The molecule has 1 N–H and O–H groups in total. The molecule has 1 saturated carbocycles. The first kappa shape index (κ1) is 19.0. The molecule has 0 saturated heterocycles. The van der Waals surface area contributed by atoms with E-state index < -0.39 is 0 Å². The van der Waals surface area contributed by atoms with Crippen LogP contribution in [0.25, 0.3) is 0 Å². The number of rotatable bonds is 9. The van der Waals surface area contributed by atoms with Gasteiger partial charge in [-0.15, -0.1) is 0 Å². The van der Waals surface area contributed by atoms with E-state index in [-0.39, 0.29) is 11.9 Å². The summed E-state index contributed by atoms with van der Waals surface area (Å²) in [5.41, 5.74) is 1.11. The smallest absolute Gasteiger partial charge is 0.313 e. The number of carbonyl (C=O) groups excluding carboxylic acids is 1. The summed E-state index contributed by atoms with van der Waals surface area (Å²) in [5, 5.41) is 3.42. The Morgan fingerprint density at radius 3 is 2.58 bits per heavy atom. The molecule has 1 fully saturated rings. The molecule has 1 aliphatic carbocycles. The van der Waals surface area contributed by atoms with Gasteiger partial charge in [-0.25, -0.2) is 0 Å². The normalized spacial score (nSPS) is 18.1. The van der Waals surface area contributed by atoms with Crippen LogP contribution >= 0.6 is 0 Å². The highest BCUT2D eigenvalue weighted by molar-refractivity contribution is 5.78. The van der Waals surface area contributed by atoms with E-state index in [2.05, 4.69) is 31.3 Å². The Hall–Kier alpha value is -1.35. The summed E-state index contributed by atoms with van der Waals surface area (Å²) < 4.78 is 5.64. The van der Waals surface area contributed by atoms with E-state index in [4.69, 9.17) is 4.74 Å². The highest BCUT2D eigenvalue weighted by Crippen LogP contribution is 2.36. The molecule has 0 aliphatic heterocycles. The molecule has 0 radical (unpaired) electrons. The average Bonchev–Trinajstić information content (AvgIpc) is 2.61. The monoisotopic (exact) mass is 331 g/mol. The van der Waals surface area contributed by atoms with Gasteiger partial charge in [0.15, 0.2) is 0 Å². The van der Waals surface area contributed by atoms with Crippen molar-refractivity contribution in [1.29, 1.82) is 0 Å². The van der Waals surface area contributed by atoms with Crippen LogP contribution in [0, 0.1) is 5.92 Å². The minimum Gasteiger partial charge on any atom is -0.464 e. The zero-order valence-corrected chi connectivity index (χ0v) is 15.3. The number of esters is 1. The third kappa shape index (κ3) is 5.94. The lowest BCUT2D eigenvalue weighted by Crippen LogP contribution is -2.32. The third-order valence-electron chi connectivity index (χ3n) is 5.09. The van der Waals surface area contributed by atoms with Gasteiger partial charge >= 0.3 is 5.97 Å². The molecule has 0 heterocycles. The molecular formula is C21H33NO2. The van der Waals surface area contributed by atoms with E-state index in [1.54, 1.807) is 0 Å². The Morgan fingerprint density at radius 2 is 1.92 bits per heavy atom.